The molecule has 1 aromatic rings. The van der Waals surface area contributed by atoms with Gasteiger partial charge < -0.3 is 20.6 Å². The number of piperidine rings is 1. The van der Waals surface area contributed by atoms with Crippen LogP contribution in [-0.4, -0.2) is 63.4 Å². The Morgan fingerprint density at radius 1 is 1.14 bits per heavy atom. The van der Waals surface area contributed by atoms with Crippen LogP contribution in [0.4, 0.5) is 4.79 Å². The van der Waals surface area contributed by atoms with Gasteiger partial charge in [-0.15, -0.1) is 0 Å². The molecule has 9 heteroatoms. The second-order valence-electron chi connectivity index (χ2n) is 7.67. The molecule has 0 spiro atoms. The molecular weight excluding hydrogens is 362 g/mol. The van der Waals surface area contributed by atoms with Gasteiger partial charge in [0.2, 0.25) is 5.91 Å². The van der Waals surface area contributed by atoms with E-state index in [1.807, 2.05) is 0 Å². The summed E-state index contributed by atoms with van der Waals surface area (Å²) in [5, 5.41) is 19.0. The lowest BCUT2D eigenvalue weighted by Crippen LogP contribution is -2.48. The Hall–Kier alpha value is -2.58. The lowest BCUT2D eigenvalue weighted by Gasteiger charge is -2.32. The molecule has 3 N–H and O–H groups in total. The van der Waals surface area contributed by atoms with E-state index in [-0.39, 0.29) is 36.1 Å². The minimum Gasteiger partial charge on any atom is -0.478 e. The van der Waals surface area contributed by atoms with Gasteiger partial charge in [0.25, 0.3) is 0 Å². The summed E-state index contributed by atoms with van der Waals surface area (Å²) < 4.78 is 1.75. The molecule has 2 fully saturated rings. The van der Waals surface area contributed by atoms with Crippen LogP contribution in [0.1, 0.15) is 67.0 Å². The second-order valence-corrected chi connectivity index (χ2v) is 7.67. The summed E-state index contributed by atoms with van der Waals surface area (Å²) in [6.07, 6.45) is 8.32. The summed E-state index contributed by atoms with van der Waals surface area (Å²) in [4.78, 5) is 37.3. The van der Waals surface area contributed by atoms with Crippen LogP contribution in [0.25, 0.3) is 0 Å². The summed E-state index contributed by atoms with van der Waals surface area (Å²) in [6.45, 7) is 2.88. The zero-order valence-corrected chi connectivity index (χ0v) is 16.3. The highest BCUT2D eigenvalue weighted by atomic mass is 16.4. The molecule has 1 saturated carbocycles. The highest BCUT2D eigenvalue weighted by Crippen LogP contribution is 2.24. The Kier molecular flexibility index (Phi) is 6.53. The number of rotatable bonds is 5. The average Bonchev–Trinajstić information content (AvgIpc) is 3.08. The van der Waals surface area contributed by atoms with Gasteiger partial charge in [-0.25, -0.2) is 9.59 Å². The third-order valence-electron chi connectivity index (χ3n) is 5.78. The van der Waals surface area contributed by atoms with Crippen LogP contribution in [0.5, 0.6) is 0 Å². The summed E-state index contributed by atoms with van der Waals surface area (Å²) in [7, 11) is 0. The number of hydrogen-bond acceptors (Lipinski definition) is 4. The van der Waals surface area contributed by atoms with Gasteiger partial charge in [-0.2, -0.15) is 5.10 Å². The first kappa shape index (κ1) is 20.2. The molecule has 1 aromatic heterocycles. The Labute approximate surface area is 164 Å². The van der Waals surface area contributed by atoms with Gasteiger partial charge in [0.05, 0.1) is 24.5 Å². The van der Waals surface area contributed by atoms with Crippen molar-refractivity contribution in [3.8, 4) is 0 Å². The molecule has 28 heavy (non-hydrogen) atoms. The Morgan fingerprint density at radius 3 is 2.43 bits per heavy atom. The lowest BCUT2D eigenvalue weighted by molar-refractivity contribution is -0.131. The number of carbonyl (C=O) groups excluding carboxylic acids is 2. The number of likely N-dealkylation sites (tertiary alicyclic amines) is 1. The molecule has 1 saturated heterocycles. The smallest absolute Gasteiger partial charge is 0.339 e. The van der Waals surface area contributed by atoms with Crippen LogP contribution in [-0.2, 0) is 4.79 Å². The number of amides is 3. The molecule has 3 amide bonds. The quantitative estimate of drug-likeness (QED) is 0.706. The standard InChI is InChI=1S/C19H29N5O4/c1-13-16(18(26)27)11-21-24(13)15-7-9-23(10-8-15)17(25)12-20-19(28)22-14-5-3-2-4-6-14/h11,14-15H,2-10,12H2,1H3,(H,26,27)(H2,20,22,28). The van der Waals surface area contributed by atoms with Crippen LogP contribution in [0, 0.1) is 6.92 Å². The normalized spacial score (nSPS) is 18.7. The van der Waals surface area contributed by atoms with Gasteiger partial charge in [0.15, 0.2) is 0 Å². The van der Waals surface area contributed by atoms with Crippen LogP contribution in [0.15, 0.2) is 6.20 Å². The Bertz CT molecular complexity index is 718. The van der Waals surface area contributed by atoms with Gasteiger partial charge in [0, 0.05) is 19.1 Å². The van der Waals surface area contributed by atoms with E-state index in [2.05, 4.69) is 15.7 Å². The molecule has 1 aliphatic heterocycles. The maximum Gasteiger partial charge on any atom is 0.339 e. The van der Waals surface area contributed by atoms with Crippen molar-refractivity contribution in [2.24, 2.45) is 0 Å². The van der Waals surface area contributed by atoms with Crippen molar-refractivity contribution in [1.29, 1.82) is 0 Å². The molecule has 0 atom stereocenters. The molecule has 3 rings (SSSR count). The van der Waals surface area contributed by atoms with E-state index < -0.39 is 5.97 Å². The predicted molar refractivity (Wildman–Crippen MR) is 102 cm³/mol. The fourth-order valence-electron chi connectivity index (χ4n) is 4.11. The van der Waals surface area contributed by atoms with Gasteiger partial charge in [-0.1, -0.05) is 19.3 Å². The number of nitrogens with zero attached hydrogens (tertiary/aromatic N) is 3. The highest BCUT2D eigenvalue weighted by Gasteiger charge is 2.26. The monoisotopic (exact) mass is 391 g/mol. The number of carboxylic acid groups (broad SMARTS) is 1. The second kappa shape index (κ2) is 9.07. The number of urea groups is 1. The van der Waals surface area contributed by atoms with Crippen molar-refractivity contribution < 1.29 is 19.5 Å². The van der Waals surface area contributed by atoms with E-state index in [1.165, 1.54) is 12.6 Å². The first-order valence-corrected chi connectivity index (χ1v) is 10.0. The number of carboxylic acids is 1. The third-order valence-corrected chi connectivity index (χ3v) is 5.78. The summed E-state index contributed by atoms with van der Waals surface area (Å²) in [6, 6.07) is 0.0239. The minimum atomic E-state index is -0.978. The maximum atomic E-state index is 12.4. The number of hydrogen-bond donors (Lipinski definition) is 3. The van der Waals surface area contributed by atoms with Crippen molar-refractivity contribution in [2.45, 2.75) is 64.0 Å². The number of nitrogens with one attached hydrogen (secondary N) is 2. The molecule has 0 radical (unpaired) electrons. The summed E-state index contributed by atoms with van der Waals surface area (Å²) in [5.41, 5.74) is 0.852. The van der Waals surface area contributed by atoms with Crippen molar-refractivity contribution in [3.63, 3.8) is 0 Å². The lowest BCUT2D eigenvalue weighted by atomic mass is 9.96. The largest absolute Gasteiger partial charge is 0.478 e. The van der Waals surface area contributed by atoms with E-state index >= 15 is 0 Å². The molecular formula is C19H29N5O4. The van der Waals surface area contributed by atoms with Crippen molar-refractivity contribution >= 4 is 17.9 Å². The van der Waals surface area contributed by atoms with E-state index in [1.54, 1.807) is 16.5 Å². The number of aromatic nitrogens is 2. The van der Waals surface area contributed by atoms with Gasteiger partial charge >= 0.3 is 12.0 Å². The Morgan fingerprint density at radius 2 is 1.82 bits per heavy atom. The van der Waals surface area contributed by atoms with Gasteiger partial charge in [-0.3, -0.25) is 9.48 Å². The van der Waals surface area contributed by atoms with E-state index in [4.69, 9.17) is 5.11 Å². The third kappa shape index (κ3) is 4.82. The molecule has 0 aromatic carbocycles. The first-order valence-electron chi connectivity index (χ1n) is 10.0. The highest BCUT2D eigenvalue weighted by molar-refractivity contribution is 5.88. The molecule has 154 valence electrons. The van der Waals surface area contributed by atoms with Crippen LogP contribution >= 0.6 is 0 Å². The molecule has 0 bridgehead atoms. The molecule has 2 aliphatic rings. The number of carbonyl (C=O) groups is 3. The zero-order chi connectivity index (χ0) is 20.1. The fourth-order valence-corrected chi connectivity index (χ4v) is 4.11. The van der Waals surface area contributed by atoms with Gasteiger partial charge in [0.1, 0.15) is 5.56 Å². The minimum absolute atomic E-state index is 0.00677. The topological polar surface area (TPSA) is 117 Å². The van der Waals surface area contributed by atoms with E-state index in [0.29, 0.717) is 31.6 Å². The molecule has 0 unspecified atom stereocenters. The van der Waals surface area contributed by atoms with E-state index in [0.717, 1.165) is 25.7 Å². The molecule has 2 heterocycles. The van der Waals surface area contributed by atoms with Crippen LogP contribution in [0.2, 0.25) is 0 Å². The predicted octanol–water partition coefficient (Wildman–Crippen LogP) is 1.69. The van der Waals surface area contributed by atoms with Crippen molar-refractivity contribution in [1.82, 2.24) is 25.3 Å². The van der Waals surface area contributed by atoms with Crippen LogP contribution < -0.4 is 10.6 Å². The molecule has 9 nitrogen and oxygen atoms in total. The SMILES string of the molecule is Cc1c(C(=O)O)cnn1C1CCN(C(=O)CNC(=O)NC2CCCCC2)CC1. The van der Waals surface area contributed by atoms with Gasteiger partial charge in [-0.05, 0) is 32.6 Å². The fraction of sp³-hybridized carbons (Fsp3) is 0.684. The van der Waals surface area contributed by atoms with E-state index in [9.17, 15) is 14.4 Å². The first-order chi connectivity index (χ1) is 13.5. The maximum absolute atomic E-state index is 12.4. The average molecular weight is 391 g/mol. The summed E-state index contributed by atoms with van der Waals surface area (Å²) >= 11 is 0. The van der Waals surface area contributed by atoms with Crippen molar-refractivity contribution in [3.05, 3.63) is 17.5 Å². The van der Waals surface area contributed by atoms with Crippen LogP contribution in [0.3, 0.4) is 0 Å². The molecule has 1 aliphatic carbocycles. The van der Waals surface area contributed by atoms with Crippen molar-refractivity contribution in [2.75, 3.05) is 19.6 Å². The Balaban J connectivity index is 1.42. The number of aromatic carboxylic acids is 1. The summed E-state index contributed by atoms with van der Waals surface area (Å²) in [5.74, 6) is -1.07. The zero-order valence-electron chi connectivity index (χ0n) is 16.3.